The number of fused-ring (bicyclic) bond motifs is 2. The molecule has 2 aromatic rings. The molecule has 0 saturated heterocycles. The third-order valence-electron chi connectivity index (χ3n) is 4.01. The van der Waals surface area contributed by atoms with Crippen molar-refractivity contribution in [3.63, 3.8) is 0 Å². The highest BCUT2D eigenvalue weighted by molar-refractivity contribution is 5.81. The van der Waals surface area contributed by atoms with Crippen LogP contribution < -0.4 is 0 Å². The smallest absolute Gasteiger partial charge is 0.127 e. The first kappa shape index (κ1) is 14.9. The normalized spacial score (nSPS) is 13.1. The predicted molar refractivity (Wildman–Crippen MR) is 92.7 cm³/mol. The summed E-state index contributed by atoms with van der Waals surface area (Å²) in [4.78, 5) is 2.19. The lowest BCUT2D eigenvalue weighted by Crippen LogP contribution is -2.14. The molecule has 0 heterocycles. The average molecular weight is 293 g/mol. The van der Waals surface area contributed by atoms with Gasteiger partial charge in [-0.2, -0.15) is 0 Å². The lowest BCUT2D eigenvalue weighted by molar-refractivity contribution is 0.252. The van der Waals surface area contributed by atoms with E-state index in [1.54, 1.807) is 0 Å². The van der Waals surface area contributed by atoms with Gasteiger partial charge in [-0.15, -0.1) is 0 Å². The number of ether oxygens (including phenoxy) is 1. The zero-order valence-corrected chi connectivity index (χ0v) is 13.4. The maximum Gasteiger partial charge on any atom is 0.127 e. The molecule has 0 unspecified atom stereocenters. The van der Waals surface area contributed by atoms with Crippen LogP contribution in [-0.4, -0.2) is 32.1 Å². The first-order valence-electron chi connectivity index (χ1n) is 7.89. The molecule has 2 heteroatoms. The van der Waals surface area contributed by atoms with Crippen LogP contribution in [0.1, 0.15) is 28.7 Å². The third-order valence-corrected chi connectivity index (χ3v) is 4.01. The van der Waals surface area contributed by atoms with Crippen LogP contribution in [0.2, 0.25) is 0 Å². The fourth-order valence-electron chi connectivity index (χ4n) is 2.86. The highest BCUT2D eigenvalue weighted by atomic mass is 16.5. The number of benzene rings is 2. The van der Waals surface area contributed by atoms with Gasteiger partial charge in [-0.05, 0) is 49.7 Å². The number of hydrogen-bond donors (Lipinski definition) is 0. The minimum atomic E-state index is 0.751. The van der Waals surface area contributed by atoms with Crippen molar-refractivity contribution in [1.29, 1.82) is 0 Å². The molecule has 0 spiro atoms. The van der Waals surface area contributed by atoms with E-state index >= 15 is 0 Å². The molecule has 0 aliphatic heterocycles. The van der Waals surface area contributed by atoms with E-state index in [9.17, 15) is 0 Å². The fraction of sp³-hybridized carbons (Fsp3) is 0.300. The van der Waals surface area contributed by atoms with Crippen molar-refractivity contribution in [1.82, 2.24) is 4.90 Å². The second-order valence-electron chi connectivity index (χ2n) is 6.05. The highest BCUT2D eigenvalue weighted by Gasteiger charge is 2.15. The average Bonchev–Trinajstić information content (AvgIpc) is 2.68. The molecule has 3 rings (SSSR count). The summed E-state index contributed by atoms with van der Waals surface area (Å²) < 4.78 is 6.13. The van der Waals surface area contributed by atoms with Crippen molar-refractivity contribution in [2.24, 2.45) is 0 Å². The Bertz CT molecular complexity index is 673. The fourth-order valence-corrected chi connectivity index (χ4v) is 2.86. The molecule has 0 saturated carbocycles. The van der Waals surface area contributed by atoms with Crippen LogP contribution >= 0.6 is 0 Å². The Morgan fingerprint density at radius 2 is 1.68 bits per heavy atom. The second kappa shape index (κ2) is 6.80. The summed E-state index contributed by atoms with van der Waals surface area (Å²) in [5.74, 6) is 0.999. The summed E-state index contributed by atoms with van der Waals surface area (Å²) in [7, 11) is 4.19. The minimum absolute atomic E-state index is 0.751. The Labute approximate surface area is 133 Å². The molecule has 0 radical (unpaired) electrons. The first-order valence-corrected chi connectivity index (χ1v) is 7.89. The highest BCUT2D eigenvalue weighted by Crippen LogP contribution is 2.30. The van der Waals surface area contributed by atoms with Gasteiger partial charge in [0.05, 0.1) is 6.61 Å². The van der Waals surface area contributed by atoms with Crippen molar-refractivity contribution < 1.29 is 4.74 Å². The summed E-state index contributed by atoms with van der Waals surface area (Å²) in [5.41, 5.74) is 5.19. The molecule has 0 N–H and O–H groups in total. The summed E-state index contributed by atoms with van der Waals surface area (Å²) >= 11 is 0. The molecule has 2 aromatic carbocycles. The monoisotopic (exact) mass is 293 g/mol. The van der Waals surface area contributed by atoms with Gasteiger partial charge < -0.3 is 9.64 Å². The van der Waals surface area contributed by atoms with Crippen LogP contribution in [0.4, 0.5) is 0 Å². The molecular weight excluding hydrogens is 270 g/mol. The minimum Gasteiger partial charge on any atom is -0.493 e. The molecule has 2 nitrogen and oxygen atoms in total. The lowest BCUT2D eigenvalue weighted by Gasteiger charge is -2.14. The van der Waals surface area contributed by atoms with Gasteiger partial charge >= 0.3 is 0 Å². The Balaban J connectivity index is 1.87. The van der Waals surface area contributed by atoms with Crippen molar-refractivity contribution in [2.75, 3.05) is 27.2 Å². The quantitative estimate of drug-likeness (QED) is 0.771. The Hall–Kier alpha value is -2.06. The molecule has 0 atom stereocenters. The Morgan fingerprint density at radius 3 is 2.50 bits per heavy atom. The molecule has 0 aromatic heterocycles. The Morgan fingerprint density at radius 1 is 0.955 bits per heavy atom. The van der Waals surface area contributed by atoms with E-state index in [4.69, 9.17) is 4.74 Å². The molecule has 22 heavy (non-hydrogen) atoms. The van der Waals surface area contributed by atoms with Gasteiger partial charge in [-0.25, -0.2) is 0 Å². The molecule has 0 bridgehead atoms. The van der Waals surface area contributed by atoms with E-state index in [1.165, 1.54) is 22.3 Å². The number of nitrogens with zero attached hydrogens (tertiary/aromatic N) is 1. The second-order valence-corrected chi connectivity index (χ2v) is 6.05. The lowest BCUT2D eigenvalue weighted by atomic mass is 10.00. The molecule has 0 fully saturated rings. The largest absolute Gasteiger partial charge is 0.493 e. The van der Waals surface area contributed by atoms with Crippen molar-refractivity contribution in [2.45, 2.75) is 12.8 Å². The van der Waals surface area contributed by atoms with Crippen LogP contribution in [0.5, 0.6) is 0 Å². The van der Waals surface area contributed by atoms with Gasteiger partial charge in [0, 0.05) is 12.1 Å². The molecular formula is C20H23NO. The number of rotatable bonds is 5. The van der Waals surface area contributed by atoms with Gasteiger partial charge in [0.1, 0.15) is 5.76 Å². The first-order chi connectivity index (χ1) is 10.7. The van der Waals surface area contributed by atoms with Gasteiger partial charge in [0.2, 0.25) is 0 Å². The maximum absolute atomic E-state index is 6.13. The van der Waals surface area contributed by atoms with Gasteiger partial charge in [0.15, 0.2) is 0 Å². The van der Waals surface area contributed by atoms with Crippen LogP contribution in [0.3, 0.4) is 0 Å². The summed E-state index contributed by atoms with van der Waals surface area (Å²) in [5, 5.41) is 0. The zero-order chi connectivity index (χ0) is 15.4. The summed E-state index contributed by atoms with van der Waals surface area (Å²) in [6.07, 6.45) is 4.19. The van der Waals surface area contributed by atoms with Crippen molar-refractivity contribution >= 4 is 11.8 Å². The molecule has 1 aliphatic rings. The van der Waals surface area contributed by atoms with E-state index in [1.807, 2.05) is 0 Å². The van der Waals surface area contributed by atoms with E-state index in [-0.39, 0.29) is 0 Å². The van der Waals surface area contributed by atoms with E-state index < -0.39 is 0 Å². The molecule has 1 aliphatic carbocycles. The predicted octanol–water partition coefficient (Wildman–Crippen LogP) is 4.06. The third kappa shape index (κ3) is 3.40. The van der Waals surface area contributed by atoms with E-state index in [0.29, 0.717) is 0 Å². The molecule has 114 valence electrons. The van der Waals surface area contributed by atoms with Gasteiger partial charge in [0.25, 0.3) is 0 Å². The summed E-state index contributed by atoms with van der Waals surface area (Å²) in [6.45, 7) is 1.80. The van der Waals surface area contributed by atoms with E-state index in [0.717, 1.165) is 31.8 Å². The van der Waals surface area contributed by atoms with E-state index in [2.05, 4.69) is 73.6 Å². The molecule has 0 amide bonds. The standard InChI is InChI=1S/C20H23NO/c1-21(2)12-7-13-22-20-15-17-9-4-3-8-16(17)14-18-10-5-6-11-19(18)20/h3-6,8-11,15H,7,12-14H2,1-2H3. The van der Waals surface area contributed by atoms with Crippen molar-refractivity contribution in [3.8, 4) is 0 Å². The van der Waals surface area contributed by atoms with Gasteiger partial charge in [-0.3, -0.25) is 0 Å². The topological polar surface area (TPSA) is 12.5 Å². The zero-order valence-electron chi connectivity index (χ0n) is 13.4. The Kier molecular flexibility index (Phi) is 4.59. The SMILES string of the molecule is CN(C)CCCOC1=Cc2ccccc2Cc2ccccc21. The summed E-state index contributed by atoms with van der Waals surface area (Å²) in [6, 6.07) is 17.1. The van der Waals surface area contributed by atoms with Crippen LogP contribution in [-0.2, 0) is 11.2 Å². The number of hydrogen-bond acceptors (Lipinski definition) is 2. The van der Waals surface area contributed by atoms with Gasteiger partial charge in [-0.1, -0.05) is 48.5 Å². The van der Waals surface area contributed by atoms with Crippen LogP contribution in [0.25, 0.3) is 11.8 Å². The van der Waals surface area contributed by atoms with Crippen LogP contribution in [0.15, 0.2) is 48.5 Å². The van der Waals surface area contributed by atoms with Crippen molar-refractivity contribution in [3.05, 3.63) is 70.8 Å². The maximum atomic E-state index is 6.13. The van der Waals surface area contributed by atoms with Crippen LogP contribution in [0, 0.1) is 0 Å².